The van der Waals surface area contributed by atoms with E-state index in [1.54, 1.807) is 11.3 Å². The van der Waals surface area contributed by atoms with Crippen molar-refractivity contribution in [3.05, 3.63) is 64.2 Å². The first-order valence-electron chi connectivity index (χ1n) is 10.6. The predicted octanol–water partition coefficient (Wildman–Crippen LogP) is 7.36. The van der Waals surface area contributed by atoms with Crippen LogP contribution in [0.5, 0.6) is 5.75 Å². The molecule has 0 radical (unpaired) electrons. The molecule has 0 saturated carbocycles. The molecule has 0 bridgehead atoms. The summed E-state index contributed by atoms with van der Waals surface area (Å²) in [5.41, 5.74) is 5.25. The van der Waals surface area contributed by atoms with E-state index in [0.717, 1.165) is 39.9 Å². The third-order valence-corrected chi connectivity index (χ3v) is 6.60. The highest BCUT2D eigenvalue weighted by Gasteiger charge is 2.25. The monoisotopic (exact) mass is 417 g/mol. The third kappa shape index (κ3) is 3.84. The first-order valence-corrected chi connectivity index (χ1v) is 11.4. The van der Waals surface area contributed by atoms with Gasteiger partial charge in [-0.2, -0.15) is 0 Å². The first kappa shape index (κ1) is 20.5. The summed E-state index contributed by atoms with van der Waals surface area (Å²) in [6.07, 6.45) is 10.8. The number of thiophene rings is 1. The van der Waals surface area contributed by atoms with Gasteiger partial charge in [-0.3, -0.25) is 4.79 Å². The quantitative estimate of drug-likeness (QED) is 0.407. The predicted molar refractivity (Wildman–Crippen MR) is 126 cm³/mol. The van der Waals surface area contributed by atoms with Gasteiger partial charge in [0.1, 0.15) is 4.83 Å². The van der Waals surface area contributed by atoms with E-state index < -0.39 is 0 Å². The van der Waals surface area contributed by atoms with Crippen LogP contribution in [0.1, 0.15) is 60.7 Å². The highest BCUT2D eigenvalue weighted by atomic mass is 32.1. The van der Waals surface area contributed by atoms with Crippen molar-refractivity contribution in [2.75, 3.05) is 0 Å². The third-order valence-electron chi connectivity index (χ3n) is 5.53. The van der Waals surface area contributed by atoms with Gasteiger partial charge in [0.2, 0.25) is 0 Å². The van der Waals surface area contributed by atoms with Crippen LogP contribution in [0.15, 0.2) is 42.5 Å². The lowest BCUT2D eigenvalue weighted by molar-refractivity contribution is -0.134. The summed E-state index contributed by atoms with van der Waals surface area (Å²) in [5.74, 6) is 0.655. The molecule has 0 spiro atoms. The Kier molecular flexibility index (Phi) is 5.87. The maximum absolute atomic E-state index is 12.6. The second-order valence-electron chi connectivity index (χ2n) is 7.94. The van der Waals surface area contributed by atoms with Gasteiger partial charge in [-0.05, 0) is 37.5 Å². The molecule has 4 rings (SSSR count). The number of hydrogen-bond acceptors (Lipinski definition) is 4. The van der Waals surface area contributed by atoms with Gasteiger partial charge in [0, 0.05) is 28.2 Å². The number of pyridine rings is 1. The summed E-state index contributed by atoms with van der Waals surface area (Å²) in [4.78, 5) is 19.7. The number of ether oxygens (including phenoxy) is 1. The van der Waals surface area contributed by atoms with Gasteiger partial charge in [-0.15, -0.1) is 11.3 Å². The Morgan fingerprint density at radius 3 is 2.67 bits per heavy atom. The molecule has 2 aromatic heterocycles. The number of esters is 1. The standard InChI is InChI=1S/C26H27NO2S/c1-5-6-11-21(28)29-25-18(4)27-26-24(23(25)19-14-12-16(2)13-15-19)22-17(3)9-7-8-10-20(22)30-26/h7-10,12-15,17H,5-6,11H2,1-4H3. The number of aromatic nitrogens is 1. The number of unbranched alkanes of at least 4 members (excludes halogenated alkanes) is 1. The van der Waals surface area contributed by atoms with Crippen molar-refractivity contribution >= 4 is 33.6 Å². The van der Waals surface area contributed by atoms with E-state index in [-0.39, 0.29) is 11.9 Å². The van der Waals surface area contributed by atoms with Gasteiger partial charge in [0.15, 0.2) is 5.75 Å². The number of aryl methyl sites for hydroxylation is 2. The minimum atomic E-state index is -0.191. The Hall–Kier alpha value is -2.72. The van der Waals surface area contributed by atoms with Gasteiger partial charge in [-0.1, -0.05) is 68.3 Å². The molecule has 3 nitrogen and oxygen atoms in total. The Balaban J connectivity index is 2.00. The summed E-state index contributed by atoms with van der Waals surface area (Å²) >= 11 is 1.71. The Bertz CT molecular complexity index is 1150. The molecule has 2 heterocycles. The minimum absolute atomic E-state index is 0.191. The van der Waals surface area contributed by atoms with Crippen molar-refractivity contribution in [1.82, 2.24) is 4.98 Å². The van der Waals surface area contributed by atoms with Crippen molar-refractivity contribution < 1.29 is 9.53 Å². The first-order chi connectivity index (χ1) is 14.5. The van der Waals surface area contributed by atoms with Crippen LogP contribution in [0, 0.1) is 13.8 Å². The second-order valence-corrected chi connectivity index (χ2v) is 8.97. The van der Waals surface area contributed by atoms with Crippen LogP contribution >= 0.6 is 11.3 Å². The summed E-state index contributed by atoms with van der Waals surface area (Å²) in [6, 6.07) is 8.44. The van der Waals surface area contributed by atoms with Crippen LogP contribution in [0.3, 0.4) is 0 Å². The lowest BCUT2D eigenvalue weighted by Gasteiger charge is -2.17. The molecule has 1 atom stereocenters. The molecule has 154 valence electrons. The van der Waals surface area contributed by atoms with Gasteiger partial charge < -0.3 is 4.74 Å². The molecule has 0 fully saturated rings. The minimum Gasteiger partial charge on any atom is -0.424 e. The van der Waals surface area contributed by atoms with Gasteiger partial charge >= 0.3 is 5.97 Å². The van der Waals surface area contributed by atoms with E-state index in [9.17, 15) is 4.79 Å². The normalized spacial score (nSPS) is 15.3. The van der Waals surface area contributed by atoms with Gasteiger partial charge in [0.05, 0.1) is 5.69 Å². The maximum Gasteiger partial charge on any atom is 0.311 e. The SMILES string of the molecule is CCCCC(=O)Oc1c(C)nc2sc3c(c2c1-c1ccc(C)cc1)C(C)C=CC=C3. The van der Waals surface area contributed by atoms with Crippen molar-refractivity contribution in [2.45, 2.75) is 52.9 Å². The molecule has 3 aromatic rings. The summed E-state index contributed by atoms with van der Waals surface area (Å²) in [6.45, 7) is 8.30. The highest BCUT2D eigenvalue weighted by Crippen LogP contribution is 2.47. The number of nitrogens with zero attached hydrogens (tertiary/aromatic N) is 1. The molecule has 0 amide bonds. The molecule has 30 heavy (non-hydrogen) atoms. The van der Waals surface area contributed by atoms with Crippen LogP contribution in [0.4, 0.5) is 0 Å². The van der Waals surface area contributed by atoms with Crippen molar-refractivity contribution in [2.24, 2.45) is 0 Å². The maximum atomic E-state index is 12.6. The Morgan fingerprint density at radius 2 is 1.93 bits per heavy atom. The Morgan fingerprint density at radius 1 is 1.17 bits per heavy atom. The number of carbonyl (C=O) groups is 1. The van der Waals surface area contributed by atoms with Crippen LogP contribution in [-0.2, 0) is 4.79 Å². The molecule has 0 aliphatic heterocycles. The zero-order valence-corrected chi connectivity index (χ0v) is 18.8. The lowest BCUT2D eigenvalue weighted by Crippen LogP contribution is -2.10. The number of carbonyl (C=O) groups excluding carboxylic acids is 1. The molecule has 1 aliphatic carbocycles. The molecule has 0 N–H and O–H groups in total. The number of fused-ring (bicyclic) bond motifs is 3. The van der Waals surface area contributed by atoms with E-state index in [0.29, 0.717) is 12.2 Å². The lowest BCUT2D eigenvalue weighted by atomic mass is 9.92. The van der Waals surface area contributed by atoms with E-state index >= 15 is 0 Å². The molecule has 1 aromatic carbocycles. The van der Waals surface area contributed by atoms with E-state index in [1.807, 2.05) is 6.92 Å². The molecule has 1 aliphatic rings. The average Bonchev–Trinajstić information content (AvgIpc) is 2.98. The van der Waals surface area contributed by atoms with Gasteiger partial charge in [0.25, 0.3) is 0 Å². The fourth-order valence-corrected chi connectivity index (χ4v) is 5.17. The Labute approximate surface area is 182 Å². The molecule has 0 saturated heterocycles. The van der Waals surface area contributed by atoms with Gasteiger partial charge in [-0.25, -0.2) is 4.98 Å². The number of benzene rings is 1. The van der Waals surface area contributed by atoms with E-state index in [4.69, 9.17) is 9.72 Å². The number of hydrogen-bond donors (Lipinski definition) is 0. The highest BCUT2D eigenvalue weighted by molar-refractivity contribution is 7.19. The van der Waals surface area contributed by atoms with Crippen LogP contribution < -0.4 is 4.74 Å². The van der Waals surface area contributed by atoms with Crippen LogP contribution in [0.25, 0.3) is 27.4 Å². The number of rotatable bonds is 5. The largest absolute Gasteiger partial charge is 0.424 e. The fourth-order valence-electron chi connectivity index (χ4n) is 3.92. The molecular formula is C26H27NO2S. The van der Waals surface area contributed by atoms with Crippen molar-refractivity contribution in [3.8, 4) is 16.9 Å². The fraction of sp³-hybridized carbons (Fsp3) is 0.308. The molecule has 1 unspecified atom stereocenters. The number of allylic oxidation sites excluding steroid dienone is 3. The average molecular weight is 418 g/mol. The van der Waals surface area contributed by atoms with E-state index in [1.165, 1.54) is 16.0 Å². The topological polar surface area (TPSA) is 39.2 Å². The van der Waals surface area contributed by atoms with Crippen molar-refractivity contribution in [3.63, 3.8) is 0 Å². The zero-order chi connectivity index (χ0) is 21.3. The smallest absolute Gasteiger partial charge is 0.311 e. The molecular weight excluding hydrogens is 390 g/mol. The summed E-state index contributed by atoms with van der Waals surface area (Å²) in [7, 11) is 0. The summed E-state index contributed by atoms with van der Waals surface area (Å²) in [5, 5.41) is 1.10. The zero-order valence-electron chi connectivity index (χ0n) is 18.0. The van der Waals surface area contributed by atoms with Crippen LogP contribution in [0.2, 0.25) is 0 Å². The van der Waals surface area contributed by atoms with Crippen LogP contribution in [-0.4, -0.2) is 11.0 Å². The summed E-state index contributed by atoms with van der Waals surface area (Å²) < 4.78 is 5.97. The van der Waals surface area contributed by atoms with Crippen molar-refractivity contribution in [1.29, 1.82) is 0 Å². The van der Waals surface area contributed by atoms with E-state index in [2.05, 4.69) is 69.3 Å². The second kappa shape index (κ2) is 8.57. The molecule has 4 heteroatoms.